The second-order valence-corrected chi connectivity index (χ2v) is 16.6. The second-order valence-electron chi connectivity index (χ2n) is 16.6. The summed E-state index contributed by atoms with van der Waals surface area (Å²) in [5.74, 6) is 1.21. The van der Waals surface area contributed by atoms with Crippen LogP contribution in [0.2, 0.25) is 0 Å². The highest BCUT2D eigenvalue weighted by atomic mass is 16.6. The second kappa shape index (κ2) is 40.1. The van der Waals surface area contributed by atoms with Crippen molar-refractivity contribution in [1.82, 2.24) is 0 Å². The molecule has 0 aromatic carbocycles. The Morgan fingerprint density at radius 3 is 0.941 bits per heavy atom. The number of unbranched alkanes of at least 4 members (excludes halogenated alkanes) is 28. The zero-order valence-electron chi connectivity index (χ0n) is 35.0. The Bertz CT molecular complexity index is 722. The molecule has 0 aromatic heterocycles. The summed E-state index contributed by atoms with van der Waals surface area (Å²) in [4.78, 5) is 24.0. The molecule has 0 radical (unpaired) electrons. The molecule has 5 nitrogen and oxygen atoms in total. The first-order chi connectivity index (χ1) is 24.8. The fourth-order valence-corrected chi connectivity index (χ4v) is 6.96. The molecule has 0 aliphatic heterocycles. The standard InChI is InChI=1S/C46H90O5/c1-5-43(4)37-33-29-25-21-17-13-10-11-15-19-23-27-31-35-39-46(49)51-41-44(47)40-50-45(48)38-34-30-26-22-18-14-9-7-6-8-12-16-20-24-28-32-36-42(2)3/h42-44,47H,5-41H2,1-4H3/t43?,44-/m1/s1. The summed E-state index contributed by atoms with van der Waals surface area (Å²) in [7, 11) is 0. The average molecular weight is 723 g/mol. The molecule has 1 unspecified atom stereocenters. The molecule has 0 rings (SSSR count). The van der Waals surface area contributed by atoms with E-state index in [4.69, 9.17) is 9.47 Å². The van der Waals surface area contributed by atoms with E-state index in [1.165, 1.54) is 186 Å². The molecule has 0 saturated carbocycles. The van der Waals surface area contributed by atoms with E-state index in [9.17, 15) is 14.7 Å². The predicted octanol–water partition coefficient (Wildman–Crippen LogP) is 14.4. The predicted molar refractivity (Wildman–Crippen MR) is 219 cm³/mol. The maximum atomic E-state index is 12.0. The third-order valence-electron chi connectivity index (χ3n) is 10.8. The van der Waals surface area contributed by atoms with Gasteiger partial charge >= 0.3 is 11.9 Å². The number of aliphatic hydroxyl groups is 1. The Kier molecular flexibility index (Phi) is 39.2. The molecule has 5 heteroatoms. The maximum Gasteiger partial charge on any atom is 0.305 e. The van der Waals surface area contributed by atoms with Gasteiger partial charge in [-0.2, -0.15) is 0 Å². The average Bonchev–Trinajstić information content (AvgIpc) is 3.12. The van der Waals surface area contributed by atoms with Crippen molar-refractivity contribution in [2.24, 2.45) is 11.8 Å². The molecule has 0 bridgehead atoms. The van der Waals surface area contributed by atoms with Gasteiger partial charge in [-0.3, -0.25) is 9.59 Å². The molecule has 304 valence electrons. The van der Waals surface area contributed by atoms with Crippen LogP contribution in [0.4, 0.5) is 0 Å². The van der Waals surface area contributed by atoms with E-state index >= 15 is 0 Å². The summed E-state index contributed by atoms with van der Waals surface area (Å²) in [6.07, 6.45) is 43.0. The lowest BCUT2D eigenvalue weighted by atomic mass is 9.99. The minimum absolute atomic E-state index is 0.108. The van der Waals surface area contributed by atoms with Gasteiger partial charge in [0.15, 0.2) is 0 Å². The molecule has 0 aliphatic rings. The van der Waals surface area contributed by atoms with E-state index in [0.717, 1.165) is 37.5 Å². The molecular weight excluding hydrogens is 633 g/mol. The van der Waals surface area contributed by atoms with Crippen LogP contribution in [0.1, 0.15) is 252 Å². The summed E-state index contributed by atoms with van der Waals surface area (Å²) in [6, 6.07) is 0. The molecule has 0 amide bonds. The van der Waals surface area contributed by atoms with Crippen molar-refractivity contribution in [2.75, 3.05) is 13.2 Å². The lowest BCUT2D eigenvalue weighted by Gasteiger charge is -2.12. The summed E-state index contributed by atoms with van der Waals surface area (Å²) in [5, 5.41) is 10.1. The van der Waals surface area contributed by atoms with Crippen molar-refractivity contribution in [3.8, 4) is 0 Å². The van der Waals surface area contributed by atoms with Crippen molar-refractivity contribution in [3.05, 3.63) is 0 Å². The van der Waals surface area contributed by atoms with Crippen LogP contribution in [-0.2, 0) is 19.1 Å². The fourth-order valence-electron chi connectivity index (χ4n) is 6.96. The van der Waals surface area contributed by atoms with E-state index in [0.29, 0.717) is 12.8 Å². The monoisotopic (exact) mass is 723 g/mol. The molecule has 0 heterocycles. The topological polar surface area (TPSA) is 72.8 Å². The van der Waals surface area contributed by atoms with Gasteiger partial charge in [-0.05, 0) is 24.7 Å². The van der Waals surface area contributed by atoms with Crippen LogP contribution in [0.25, 0.3) is 0 Å². The zero-order valence-corrected chi connectivity index (χ0v) is 35.0. The van der Waals surface area contributed by atoms with E-state index in [2.05, 4.69) is 27.7 Å². The van der Waals surface area contributed by atoms with Crippen molar-refractivity contribution in [1.29, 1.82) is 0 Å². The van der Waals surface area contributed by atoms with Gasteiger partial charge in [-0.1, -0.05) is 227 Å². The molecule has 51 heavy (non-hydrogen) atoms. The fraction of sp³-hybridized carbons (Fsp3) is 0.957. The van der Waals surface area contributed by atoms with Crippen molar-refractivity contribution in [2.45, 2.75) is 259 Å². The van der Waals surface area contributed by atoms with Crippen LogP contribution in [0.3, 0.4) is 0 Å². The van der Waals surface area contributed by atoms with Crippen LogP contribution in [0, 0.1) is 11.8 Å². The smallest absolute Gasteiger partial charge is 0.305 e. The molecule has 2 atom stereocenters. The Morgan fingerprint density at radius 2 is 0.667 bits per heavy atom. The number of carbonyl (C=O) groups is 2. The highest BCUT2D eigenvalue weighted by Crippen LogP contribution is 2.17. The first-order valence-electron chi connectivity index (χ1n) is 22.8. The van der Waals surface area contributed by atoms with Crippen molar-refractivity contribution in [3.63, 3.8) is 0 Å². The molecular formula is C46H90O5. The molecule has 0 saturated heterocycles. The summed E-state index contributed by atoms with van der Waals surface area (Å²) in [6.45, 7) is 9.10. The van der Waals surface area contributed by atoms with Gasteiger partial charge in [0, 0.05) is 12.8 Å². The minimum Gasteiger partial charge on any atom is -0.463 e. The maximum absolute atomic E-state index is 12.0. The van der Waals surface area contributed by atoms with Gasteiger partial charge in [0.2, 0.25) is 0 Å². The Balaban J connectivity index is 3.36. The lowest BCUT2D eigenvalue weighted by Crippen LogP contribution is -2.25. The van der Waals surface area contributed by atoms with Crippen LogP contribution < -0.4 is 0 Å². The number of carbonyl (C=O) groups excluding carboxylic acids is 2. The van der Waals surface area contributed by atoms with Gasteiger partial charge in [0.05, 0.1) is 0 Å². The third-order valence-corrected chi connectivity index (χ3v) is 10.8. The summed E-state index contributed by atoms with van der Waals surface area (Å²) in [5.41, 5.74) is 0. The van der Waals surface area contributed by atoms with Crippen LogP contribution in [-0.4, -0.2) is 36.4 Å². The summed E-state index contributed by atoms with van der Waals surface area (Å²) >= 11 is 0. The largest absolute Gasteiger partial charge is 0.463 e. The van der Waals surface area contributed by atoms with E-state index in [1.54, 1.807) is 0 Å². The number of rotatable bonds is 41. The van der Waals surface area contributed by atoms with Crippen LogP contribution >= 0.6 is 0 Å². The van der Waals surface area contributed by atoms with E-state index < -0.39 is 6.10 Å². The Morgan fingerprint density at radius 1 is 0.412 bits per heavy atom. The first kappa shape index (κ1) is 49.9. The number of hydrogen-bond donors (Lipinski definition) is 1. The summed E-state index contributed by atoms with van der Waals surface area (Å²) < 4.78 is 10.4. The molecule has 0 aromatic rings. The number of esters is 2. The molecule has 0 fully saturated rings. The van der Waals surface area contributed by atoms with Gasteiger partial charge in [0.1, 0.15) is 19.3 Å². The molecule has 1 N–H and O–H groups in total. The van der Waals surface area contributed by atoms with Crippen LogP contribution in [0.5, 0.6) is 0 Å². The molecule has 0 spiro atoms. The highest BCUT2D eigenvalue weighted by molar-refractivity contribution is 5.69. The minimum atomic E-state index is -0.957. The number of aliphatic hydroxyl groups excluding tert-OH is 1. The van der Waals surface area contributed by atoms with E-state index in [-0.39, 0.29) is 25.2 Å². The zero-order chi connectivity index (χ0) is 37.5. The van der Waals surface area contributed by atoms with Gasteiger partial charge < -0.3 is 14.6 Å². The van der Waals surface area contributed by atoms with Gasteiger partial charge in [-0.15, -0.1) is 0 Å². The van der Waals surface area contributed by atoms with E-state index in [1.807, 2.05) is 0 Å². The van der Waals surface area contributed by atoms with Crippen molar-refractivity contribution < 1.29 is 24.2 Å². The Hall–Kier alpha value is -1.10. The first-order valence-corrected chi connectivity index (χ1v) is 22.8. The normalized spacial score (nSPS) is 12.7. The lowest BCUT2D eigenvalue weighted by molar-refractivity contribution is -0.152. The molecule has 0 aliphatic carbocycles. The van der Waals surface area contributed by atoms with Crippen LogP contribution in [0.15, 0.2) is 0 Å². The third kappa shape index (κ3) is 41.5. The van der Waals surface area contributed by atoms with Gasteiger partial charge in [-0.25, -0.2) is 0 Å². The highest BCUT2D eigenvalue weighted by Gasteiger charge is 2.12. The quantitative estimate of drug-likeness (QED) is 0.0502. The SMILES string of the molecule is CCC(C)CCCCCCCCCCCCCCCCC(=O)OC[C@H](O)COC(=O)CCCCCCCCCCCCCCCCCCC(C)C. The Labute approximate surface area is 319 Å². The number of ether oxygens (including phenoxy) is 2. The number of hydrogen-bond acceptors (Lipinski definition) is 5. The van der Waals surface area contributed by atoms with Gasteiger partial charge in [0.25, 0.3) is 0 Å². The van der Waals surface area contributed by atoms with Crippen molar-refractivity contribution >= 4 is 11.9 Å².